The monoisotopic (exact) mass is 476 g/mol. The van der Waals surface area contributed by atoms with Crippen LogP contribution >= 0.6 is 23.2 Å². The van der Waals surface area contributed by atoms with E-state index in [1.807, 2.05) is 36.4 Å². The molecule has 0 saturated carbocycles. The Balaban J connectivity index is 1.77. The van der Waals surface area contributed by atoms with Gasteiger partial charge in [-0.05, 0) is 61.4 Å². The maximum absolute atomic E-state index is 13.4. The molecule has 4 rings (SSSR count). The quantitative estimate of drug-likeness (QED) is 0.313. The minimum absolute atomic E-state index is 0.0757. The van der Waals surface area contributed by atoms with Crippen LogP contribution < -0.4 is 0 Å². The lowest BCUT2D eigenvalue weighted by Crippen LogP contribution is -2.44. The first-order chi connectivity index (χ1) is 15.8. The molecule has 33 heavy (non-hydrogen) atoms. The molecular formula is C26H18Cl2N2O3. The third-order valence-corrected chi connectivity index (χ3v) is 6.11. The van der Waals surface area contributed by atoms with Gasteiger partial charge < -0.3 is 4.42 Å². The Morgan fingerprint density at radius 1 is 1.03 bits per heavy atom. The van der Waals surface area contributed by atoms with Crippen LogP contribution in [0.1, 0.15) is 31.2 Å². The lowest BCUT2D eigenvalue weighted by molar-refractivity contribution is -0.143. The zero-order chi connectivity index (χ0) is 23.7. The van der Waals surface area contributed by atoms with Gasteiger partial charge in [-0.3, -0.25) is 14.5 Å². The molecule has 1 unspecified atom stereocenters. The molecular weight excluding hydrogens is 459 g/mol. The van der Waals surface area contributed by atoms with Gasteiger partial charge in [0, 0.05) is 16.2 Å². The number of carbonyl (C=O) groups is 2. The molecule has 1 aliphatic heterocycles. The van der Waals surface area contributed by atoms with Gasteiger partial charge in [-0.25, -0.2) is 0 Å². The third kappa shape index (κ3) is 4.23. The summed E-state index contributed by atoms with van der Waals surface area (Å²) in [6.45, 7) is 3.34. The van der Waals surface area contributed by atoms with Crippen molar-refractivity contribution in [2.75, 3.05) is 0 Å². The number of nitrogens with zero attached hydrogens (tertiary/aromatic N) is 2. The normalized spacial score (nSPS) is 16.3. The lowest BCUT2D eigenvalue weighted by Gasteiger charge is -2.32. The predicted octanol–water partition coefficient (Wildman–Crippen LogP) is 6.61. The zero-order valence-electron chi connectivity index (χ0n) is 17.8. The Hall–Kier alpha value is -3.59. The largest absolute Gasteiger partial charge is 0.457 e. The number of benzene rings is 2. The van der Waals surface area contributed by atoms with Gasteiger partial charge in [0.2, 0.25) is 0 Å². The molecule has 0 N–H and O–H groups in total. The summed E-state index contributed by atoms with van der Waals surface area (Å²) in [7, 11) is 0. The third-order valence-electron chi connectivity index (χ3n) is 5.55. The van der Waals surface area contributed by atoms with Crippen molar-refractivity contribution in [1.82, 2.24) is 4.90 Å². The van der Waals surface area contributed by atoms with Crippen LogP contribution in [0.5, 0.6) is 0 Å². The van der Waals surface area contributed by atoms with E-state index < -0.39 is 17.9 Å². The first kappa shape index (κ1) is 22.6. The molecule has 0 bridgehead atoms. The molecule has 7 heteroatoms. The van der Waals surface area contributed by atoms with E-state index in [9.17, 15) is 14.9 Å². The Labute approximate surface area is 201 Å². The summed E-state index contributed by atoms with van der Waals surface area (Å²) in [6.07, 6.45) is 1.54. The van der Waals surface area contributed by atoms with Crippen molar-refractivity contribution >= 4 is 41.1 Å². The van der Waals surface area contributed by atoms with E-state index in [4.69, 9.17) is 27.6 Å². The smallest absolute Gasteiger partial charge is 0.272 e. The summed E-state index contributed by atoms with van der Waals surface area (Å²) in [5.41, 5.74) is 1.85. The molecule has 5 nitrogen and oxygen atoms in total. The molecule has 1 atom stereocenters. The van der Waals surface area contributed by atoms with Crippen LogP contribution in [0.4, 0.5) is 0 Å². The minimum Gasteiger partial charge on any atom is -0.457 e. The Morgan fingerprint density at radius 3 is 2.45 bits per heavy atom. The maximum Gasteiger partial charge on any atom is 0.272 e. The van der Waals surface area contributed by atoms with E-state index in [0.717, 1.165) is 10.5 Å². The highest BCUT2D eigenvalue weighted by Crippen LogP contribution is 2.35. The molecule has 0 spiro atoms. The highest BCUT2D eigenvalue weighted by atomic mass is 35.5. The summed E-state index contributed by atoms with van der Waals surface area (Å²) in [6, 6.07) is 19.0. The lowest BCUT2D eigenvalue weighted by atomic mass is 9.92. The van der Waals surface area contributed by atoms with Crippen LogP contribution in [0.25, 0.3) is 17.4 Å². The minimum atomic E-state index is -0.612. The zero-order valence-corrected chi connectivity index (χ0v) is 19.3. The van der Waals surface area contributed by atoms with Crippen molar-refractivity contribution in [2.45, 2.75) is 19.9 Å². The number of amides is 2. The van der Waals surface area contributed by atoms with Gasteiger partial charge in [0.15, 0.2) is 0 Å². The van der Waals surface area contributed by atoms with Crippen molar-refractivity contribution in [3.8, 4) is 17.4 Å². The fourth-order valence-electron chi connectivity index (χ4n) is 3.74. The first-order valence-electron chi connectivity index (χ1n) is 10.1. The molecule has 0 fully saturated rings. The Kier molecular flexibility index (Phi) is 6.24. The topological polar surface area (TPSA) is 74.3 Å². The number of carbonyl (C=O) groups excluding carboxylic acids is 2. The fraction of sp³-hybridized carbons (Fsp3) is 0.115. The second kappa shape index (κ2) is 9.11. The second-order valence-corrected chi connectivity index (χ2v) is 8.41. The Bertz CT molecular complexity index is 1360. The average Bonchev–Trinajstić information content (AvgIpc) is 3.27. The number of halogens is 2. The van der Waals surface area contributed by atoms with E-state index in [1.54, 1.807) is 44.2 Å². The summed E-state index contributed by atoms with van der Waals surface area (Å²) >= 11 is 12.3. The molecule has 0 radical (unpaired) electrons. The summed E-state index contributed by atoms with van der Waals surface area (Å²) in [5, 5.41) is 10.6. The highest BCUT2D eigenvalue weighted by Gasteiger charge is 2.38. The average molecular weight is 477 g/mol. The van der Waals surface area contributed by atoms with Gasteiger partial charge in [-0.2, -0.15) is 5.26 Å². The van der Waals surface area contributed by atoms with Crippen molar-refractivity contribution in [3.63, 3.8) is 0 Å². The van der Waals surface area contributed by atoms with Crippen LogP contribution in [-0.4, -0.2) is 16.7 Å². The SMILES string of the molecule is CC1=C(C#N)C(=O)N(C(C)c2ccccc2)C(=O)/C1=C/c1ccc(-c2cc(Cl)ccc2Cl)o1. The molecule has 2 heterocycles. The number of imide groups is 1. The highest BCUT2D eigenvalue weighted by molar-refractivity contribution is 6.35. The molecule has 2 aromatic carbocycles. The van der Waals surface area contributed by atoms with Crippen molar-refractivity contribution in [2.24, 2.45) is 0 Å². The molecule has 0 aliphatic carbocycles. The summed E-state index contributed by atoms with van der Waals surface area (Å²) < 4.78 is 5.90. The van der Waals surface area contributed by atoms with E-state index in [1.165, 1.54) is 6.08 Å². The van der Waals surface area contributed by atoms with Gasteiger partial charge >= 0.3 is 0 Å². The molecule has 3 aromatic rings. The van der Waals surface area contributed by atoms with Crippen LogP contribution in [0.15, 0.2) is 81.8 Å². The number of hydrogen-bond acceptors (Lipinski definition) is 4. The molecule has 1 aliphatic rings. The first-order valence-corrected chi connectivity index (χ1v) is 10.9. The van der Waals surface area contributed by atoms with Crippen LogP contribution in [0.2, 0.25) is 10.0 Å². The predicted molar refractivity (Wildman–Crippen MR) is 127 cm³/mol. The van der Waals surface area contributed by atoms with Gasteiger partial charge in [0.05, 0.1) is 11.1 Å². The van der Waals surface area contributed by atoms with Crippen LogP contribution in [0.3, 0.4) is 0 Å². The molecule has 164 valence electrons. The molecule has 1 aromatic heterocycles. The van der Waals surface area contributed by atoms with Gasteiger partial charge in [0.1, 0.15) is 23.2 Å². The van der Waals surface area contributed by atoms with Crippen molar-refractivity contribution in [1.29, 1.82) is 5.26 Å². The van der Waals surface area contributed by atoms with Crippen LogP contribution in [-0.2, 0) is 9.59 Å². The van der Waals surface area contributed by atoms with Crippen molar-refractivity contribution in [3.05, 3.63) is 98.8 Å². The van der Waals surface area contributed by atoms with Gasteiger partial charge in [-0.15, -0.1) is 0 Å². The second-order valence-electron chi connectivity index (χ2n) is 7.56. The summed E-state index contributed by atoms with van der Waals surface area (Å²) in [4.78, 5) is 27.5. The van der Waals surface area contributed by atoms with E-state index >= 15 is 0 Å². The summed E-state index contributed by atoms with van der Waals surface area (Å²) in [5.74, 6) is -0.251. The van der Waals surface area contributed by atoms with E-state index in [2.05, 4.69) is 0 Å². The van der Waals surface area contributed by atoms with Crippen molar-refractivity contribution < 1.29 is 14.0 Å². The van der Waals surface area contributed by atoms with E-state index in [-0.39, 0.29) is 11.1 Å². The number of nitriles is 1. The number of furan rings is 1. The van der Waals surface area contributed by atoms with E-state index in [0.29, 0.717) is 32.7 Å². The molecule has 0 saturated heterocycles. The maximum atomic E-state index is 13.4. The standard InChI is InChI=1S/C26H18Cl2N2O3/c1-15-20(13-19-9-11-24(33-19)21-12-18(27)8-10-23(21)28)25(31)30(26(32)22(15)14-29)16(2)17-6-4-3-5-7-17/h3-13,16H,1-2H3/b20-13+. The number of hydrogen-bond donors (Lipinski definition) is 0. The van der Waals surface area contributed by atoms with Gasteiger partial charge in [0.25, 0.3) is 11.8 Å². The van der Waals surface area contributed by atoms with Crippen LogP contribution in [0, 0.1) is 11.3 Å². The van der Waals surface area contributed by atoms with Gasteiger partial charge in [-0.1, -0.05) is 53.5 Å². The Morgan fingerprint density at radius 2 is 1.76 bits per heavy atom. The molecule has 2 amide bonds. The number of rotatable bonds is 4. The fourth-order valence-corrected chi connectivity index (χ4v) is 4.12.